The summed E-state index contributed by atoms with van der Waals surface area (Å²) in [6.45, 7) is 6.50. The first kappa shape index (κ1) is 20.5. The number of sulfone groups is 1. The zero-order valence-corrected chi connectivity index (χ0v) is 17.2. The molecule has 0 aliphatic carbocycles. The van der Waals surface area contributed by atoms with E-state index >= 15 is 0 Å². The van der Waals surface area contributed by atoms with Gasteiger partial charge in [0.1, 0.15) is 0 Å². The molecule has 0 saturated heterocycles. The van der Waals surface area contributed by atoms with E-state index in [1.54, 1.807) is 23.5 Å². The second-order valence-electron chi connectivity index (χ2n) is 6.23. The van der Waals surface area contributed by atoms with Crippen LogP contribution >= 0.6 is 11.3 Å². The molecule has 1 aromatic carbocycles. The predicted octanol–water partition coefficient (Wildman–Crippen LogP) is 3.05. The van der Waals surface area contributed by atoms with Gasteiger partial charge in [-0.25, -0.2) is 8.42 Å². The van der Waals surface area contributed by atoms with E-state index in [9.17, 15) is 8.42 Å². The van der Waals surface area contributed by atoms with E-state index < -0.39 is 9.84 Å². The molecule has 2 aromatic rings. The van der Waals surface area contributed by atoms with Crippen LogP contribution in [-0.2, 0) is 16.3 Å². The number of nitrogens with zero attached hydrogens (tertiary/aromatic N) is 1. The van der Waals surface area contributed by atoms with Crippen molar-refractivity contribution >= 4 is 27.1 Å². The van der Waals surface area contributed by atoms with Crippen LogP contribution in [0.15, 0.2) is 51.7 Å². The van der Waals surface area contributed by atoms with Gasteiger partial charge in [0.05, 0.1) is 11.4 Å². The average molecular weight is 394 g/mol. The predicted molar refractivity (Wildman–Crippen MR) is 110 cm³/mol. The van der Waals surface area contributed by atoms with Crippen LogP contribution in [0, 0.1) is 0 Å². The summed E-state index contributed by atoms with van der Waals surface area (Å²) in [6, 6.07) is 11.3. The molecule has 26 heavy (non-hydrogen) atoms. The van der Waals surface area contributed by atoms with Gasteiger partial charge in [-0.1, -0.05) is 25.1 Å². The van der Waals surface area contributed by atoms with Crippen molar-refractivity contribution in [1.29, 1.82) is 0 Å². The van der Waals surface area contributed by atoms with Gasteiger partial charge in [0.2, 0.25) is 0 Å². The van der Waals surface area contributed by atoms with E-state index in [1.807, 2.05) is 19.1 Å². The lowest BCUT2D eigenvalue weighted by Gasteiger charge is -2.13. The molecule has 0 bridgehead atoms. The van der Waals surface area contributed by atoms with E-state index in [1.165, 1.54) is 11.1 Å². The second-order valence-corrected chi connectivity index (χ2v) is 9.22. The van der Waals surface area contributed by atoms with Crippen LogP contribution in [0.2, 0.25) is 0 Å². The van der Waals surface area contributed by atoms with Gasteiger partial charge in [-0.3, -0.25) is 4.99 Å². The van der Waals surface area contributed by atoms with Gasteiger partial charge in [-0.15, -0.1) is 11.3 Å². The zero-order chi connectivity index (χ0) is 19.0. The SMILES string of the molecule is CCNC(=NCC(C)c1cccs1)NCCc1ccc(S(C)(=O)=O)cc1. The van der Waals surface area contributed by atoms with Crippen molar-refractivity contribution in [3.8, 4) is 0 Å². The molecule has 1 unspecified atom stereocenters. The third-order valence-corrected chi connectivity index (χ3v) is 6.19. The van der Waals surface area contributed by atoms with Crippen LogP contribution in [0.1, 0.15) is 30.2 Å². The Morgan fingerprint density at radius 2 is 1.92 bits per heavy atom. The summed E-state index contributed by atoms with van der Waals surface area (Å²) in [7, 11) is -3.14. The molecule has 1 aromatic heterocycles. The third-order valence-electron chi connectivity index (χ3n) is 3.95. The van der Waals surface area contributed by atoms with Crippen LogP contribution < -0.4 is 10.6 Å². The first-order valence-corrected chi connectivity index (χ1v) is 11.5. The van der Waals surface area contributed by atoms with Crippen LogP contribution in [0.4, 0.5) is 0 Å². The maximum atomic E-state index is 11.5. The molecule has 0 aliphatic heterocycles. The molecule has 1 atom stereocenters. The third kappa shape index (κ3) is 6.46. The largest absolute Gasteiger partial charge is 0.357 e. The van der Waals surface area contributed by atoms with Gasteiger partial charge in [0.15, 0.2) is 15.8 Å². The number of hydrogen-bond acceptors (Lipinski definition) is 4. The van der Waals surface area contributed by atoms with Gasteiger partial charge in [0, 0.05) is 30.1 Å². The summed E-state index contributed by atoms with van der Waals surface area (Å²) in [5, 5.41) is 8.69. The normalized spacial score (nSPS) is 13.4. The summed E-state index contributed by atoms with van der Waals surface area (Å²) >= 11 is 1.76. The van der Waals surface area contributed by atoms with Crippen molar-refractivity contribution in [1.82, 2.24) is 10.6 Å². The van der Waals surface area contributed by atoms with Crippen molar-refractivity contribution in [2.45, 2.75) is 31.1 Å². The van der Waals surface area contributed by atoms with Crippen LogP contribution in [0.5, 0.6) is 0 Å². The quantitative estimate of drug-likeness (QED) is 0.534. The number of hydrogen-bond donors (Lipinski definition) is 2. The molecule has 0 fully saturated rings. The highest BCUT2D eigenvalue weighted by Gasteiger charge is 2.07. The van der Waals surface area contributed by atoms with Crippen molar-refractivity contribution in [3.05, 3.63) is 52.2 Å². The summed E-state index contributed by atoms with van der Waals surface area (Å²) < 4.78 is 23.0. The molecule has 0 amide bonds. The van der Waals surface area contributed by atoms with Gasteiger partial charge in [-0.2, -0.15) is 0 Å². The Morgan fingerprint density at radius 1 is 1.19 bits per heavy atom. The number of thiophene rings is 1. The van der Waals surface area contributed by atoms with E-state index in [-0.39, 0.29) is 0 Å². The Balaban J connectivity index is 1.86. The Kier molecular flexibility index (Phi) is 7.66. The van der Waals surface area contributed by atoms with Gasteiger partial charge in [-0.05, 0) is 42.5 Å². The lowest BCUT2D eigenvalue weighted by Crippen LogP contribution is -2.38. The molecular weight excluding hydrogens is 366 g/mol. The summed E-state index contributed by atoms with van der Waals surface area (Å²) in [4.78, 5) is 6.37. The Labute approximate surface area is 160 Å². The number of nitrogens with one attached hydrogen (secondary N) is 2. The molecular formula is C19H27N3O2S2. The highest BCUT2D eigenvalue weighted by molar-refractivity contribution is 7.90. The van der Waals surface area contributed by atoms with Crippen LogP contribution in [0.3, 0.4) is 0 Å². The Morgan fingerprint density at radius 3 is 2.50 bits per heavy atom. The maximum Gasteiger partial charge on any atom is 0.191 e. The fraction of sp³-hybridized carbons (Fsp3) is 0.421. The maximum absolute atomic E-state index is 11.5. The summed E-state index contributed by atoms with van der Waals surface area (Å²) in [6.07, 6.45) is 2.02. The summed E-state index contributed by atoms with van der Waals surface area (Å²) in [5.41, 5.74) is 1.09. The van der Waals surface area contributed by atoms with Gasteiger partial charge >= 0.3 is 0 Å². The highest BCUT2D eigenvalue weighted by Crippen LogP contribution is 2.20. The van der Waals surface area contributed by atoms with E-state index in [2.05, 4.69) is 40.1 Å². The molecule has 142 valence electrons. The van der Waals surface area contributed by atoms with Gasteiger partial charge < -0.3 is 10.6 Å². The monoisotopic (exact) mass is 393 g/mol. The number of aliphatic imine (C=N–C) groups is 1. The van der Waals surface area contributed by atoms with Crippen LogP contribution in [-0.4, -0.2) is 40.3 Å². The molecule has 0 aliphatic rings. The molecule has 0 radical (unpaired) electrons. The van der Waals surface area contributed by atoms with Crippen LogP contribution in [0.25, 0.3) is 0 Å². The fourth-order valence-electron chi connectivity index (χ4n) is 2.46. The second kappa shape index (κ2) is 9.73. The van der Waals surface area contributed by atoms with Gasteiger partial charge in [0.25, 0.3) is 0 Å². The number of rotatable bonds is 8. The van der Waals surface area contributed by atoms with E-state index in [0.717, 1.165) is 37.6 Å². The smallest absolute Gasteiger partial charge is 0.191 e. The lowest BCUT2D eigenvalue weighted by atomic mass is 10.1. The molecule has 1 heterocycles. The van der Waals surface area contributed by atoms with Crippen molar-refractivity contribution in [2.24, 2.45) is 4.99 Å². The minimum atomic E-state index is -3.14. The number of guanidine groups is 1. The van der Waals surface area contributed by atoms with Crippen molar-refractivity contribution in [3.63, 3.8) is 0 Å². The molecule has 2 N–H and O–H groups in total. The molecule has 0 saturated carbocycles. The Hall–Kier alpha value is -1.86. The molecule has 0 spiro atoms. The summed E-state index contributed by atoms with van der Waals surface area (Å²) in [5.74, 6) is 1.21. The molecule has 2 rings (SSSR count). The average Bonchev–Trinajstić information content (AvgIpc) is 3.14. The van der Waals surface area contributed by atoms with Crippen molar-refractivity contribution in [2.75, 3.05) is 25.9 Å². The molecule has 5 nitrogen and oxygen atoms in total. The molecule has 7 heteroatoms. The van der Waals surface area contributed by atoms with E-state index in [0.29, 0.717) is 10.8 Å². The van der Waals surface area contributed by atoms with Crippen molar-refractivity contribution < 1.29 is 8.42 Å². The zero-order valence-electron chi connectivity index (χ0n) is 15.5. The fourth-order valence-corrected chi connectivity index (χ4v) is 3.87. The minimum absolute atomic E-state index is 0.353. The highest BCUT2D eigenvalue weighted by atomic mass is 32.2. The minimum Gasteiger partial charge on any atom is -0.357 e. The Bertz CT molecular complexity index is 798. The standard InChI is InChI=1S/C19H27N3O2S2/c1-4-20-19(22-14-15(2)18-6-5-13-25-18)21-12-11-16-7-9-17(10-8-16)26(3,23)24/h5-10,13,15H,4,11-12,14H2,1-3H3,(H2,20,21,22). The van der Waals surface area contributed by atoms with E-state index in [4.69, 9.17) is 0 Å². The number of benzene rings is 1. The lowest BCUT2D eigenvalue weighted by molar-refractivity contribution is 0.602. The topological polar surface area (TPSA) is 70.6 Å². The first-order valence-electron chi connectivity index (χ1n) is 8.74. The first-order chi connectivity index (χ1) is 12.4.